The maximum Gasteiger partial charge on any atom is 0.269 e. The van der Waals surface area contributed by atoms with Crippen molar-refractivity contribution < 1.29 is 4.79 Å². The zero-order valence-electron chi connectivity index (χ0n) is 13.2. The van der Waals surface area contributed by atoms with Crippen molar-refractivity contribution in [2.75, 3.05) is 16.5 Å². The number of carbonyl (C=O) groups is 1. The van der Waals surface area contributed by atoms with Gasteiger partial charge in [0.15, 0.2) is 11.6 Å². The zero-order chi connectivity index (χ0) is 18.5. The van der Waals surface area contributed by atoms with Crippen molar-refractivity contribution in [3.63, 3.8) is 0 Å². The number of nitrogens with one attached hydrogen (secondary N) is 3. The molecule has 1 aromatic carbocycles. The molecule has 0 bridgehead atoms. The average molecular weight is 479 g/mol. The molecule has 0 saturated carbocycles. The lowest BCUT2D eigenvalue weighted by atomic mass is 10.2. The molecule has 0 aliphatic rings. The van der Waals surface area contributed by atoms with E-state index in [0.717, 1.165) is 8.95 Å². The molecular weight excluding hydrogens is 466 g/mol. The van der Waals surface area contributed by atoms with Crippen molar-refractivity contribution >= 4 is 60.9 Å². The Morgan fingerprint density at radius 2 is 1.62 bits per heavy atom. The lowest BCUT2D eigenvalue weighted by molar-refractivity contribution is 0.0962. The number of hydrogen-bond acceptors (Lipinski definition) is 7. The van der Waals surface area contributed by atoms with Gasteiger partial charge < -0.3 is 11.1 Å². The predicted molar refractivity (Wildman–Crippen MR) is 107 cm³/mol. The molecule has 132 valence electrons. The van der Waals surface area contributed by atoms with Crippen molar-refractivity contribution in [3.8, 4) is 0 Å². The topological polar surface area (TPSA) is 118 Å². The van der Waals surface area contributed by atoms with Gasteiger partial charge in [-0.15, -0.1) is 0 Å². The van der Waals surface area contributed by atoms with Crippen LogP contribution in [-0.4, -0.2) is 20.9 Å². The van der Waals surface area contributed by atoms with E-state index in [0.29, 0.717) is 17.2 Å². The van der Waals surface area contributed by atoms with Gasteiger partial charge in [0.25, 0.3) is 5.91 Å². The average Bonchev–Trinajstić information content (AvgIpc) is 2.64. The highest BCUT2D eigenvalue weighted by molar-refractivity contribution is 9.10. The Morgan fingerprint density at radius 3 is 2.31 bits per heavy atom. The Bertz CT molecular complexity index is 917. The summed E-state index contributed by atoms with van der Waals surface area (Å²) in [4.78, 5) is 24.5. The van der Waals surface area contributed by atoms with Crippen molar-refractivity contribution in [2.45, 2.75) is 0 Å². The van der Waals surface area contributed by atoms with Gasteiger partial charge in [0.1, 0.15) is 17.8 Å². The van der Waals surface area contributed by atoms with Crippen LogP contribution in [0.1, 0.15) is 10.4 Å². The first-order chi connectivity index (χ1) is 12.5. The summed E-state index contributed by atoms with van der Waals surface area (Å²) in [5, 5.41) is 3.00. The fraction of sp³-hybridized carbons (Fsp3) is 0. The Morgan fingerprint density at radius 1 is 0.923 bits per heavy atom. The van der Waals surface area contributed by atoms with Crippen LogP contribution in [0.2, 0.25) is 0 Å². The van der Waals surface area contributed by atoms with Gasteiger partial charge in [-0.3, -0.25) is 15.6 Å². The zero-order valence-corrected chi connectivity index (χ0v) is 16.4. The molecule has 0 spiro atoms. The predicted octanol–water partition coefficient (Wildman–Crippen LogP) is 3.48. The van der Waals surface area contributed by atoms with E-state index in [4.69, 9.17) is 5.73 Å². The minimum absolute atomic E-state index is 0.244. The van der Waals surface area contributed by atoms with Gasteiger partial charge in [-0.25, -0.2) is 15.0 Å². The molecule has 0 fully saturated rings. The number of halogens is 2. The summed E-state index contributed by atoms with van der Waals surface area (Å²) in [5.74, 6) is 0.892. The molecule has 8 nitrogen and oxygen atoms in total. The second-order valence-corrected chi connectivity index (χ2v) is 6.89. The van der Waals surface area contributed by atoms with Crippen LogP contribution in [0.25, 0.3) is 0 Å². The van der Waals surface area contributed by atoms with Gasteiger partial charge in [0.05, 0.1) is 0 Å². The van der Waals surface area contributed by atoms with Gasteiger partial charge >= 0.3 is 0 Å². The highest BCUT2D eigenvalue weighted by Crippen LogP contribution is 2.25. The molecule has 2 heterocycles. The quantitative estimate of drug-likeness (QED) is 0.414. The Hall–Kier alpha value is -2.72. The molecule has 0 aliphatic carbocycles. The summed E-state index contributed by atoms with van der Waals surface area (Å²) in [7, 11) is 0. The van der Waals surface area contributed by atoms with E-state index >= 15 is 0 Å². The van der Waals surface area contributed by atoms with Gasteiger partial charge in [0, 0.05) is 20.7 Å². The lowest BCUT2D eigenvalue weighted by Gasteiger charge is -2.13. The number of nitrogens with zero attached hydrogens (tertiary/aromatic N) is 3. The van der Waals surface area contributed by atoms with Crippen LogP contribution in [0.15, 0.2) is 57.9 Å². The summed E-state index contributed by atoms with van der Waals surface area (Å²) in [5.41, 5.74) is 12.1. The Kier molecular flexibility index (Phi) is 5.64. The molecule has 10 heteroatoms. The van der Waals surface area contributed by atoms with Gasteiger partial charge in [-0.1, -0.05) is 15.9 Å². The first kappa shape index (κ1) is 18.1. The van der Waals surface area contributed by atoms with Crippen LogP contribution < -0.4 is 21.9 Å². The van der Waals surface area contributed by atoms with Crippen LogP contribution in [-0.2, 0) is 0 Å². The van der Waals surface area contributed by atoms with E-state index in [-0.39, 0.29) is 17.4 Å². The molecule has 5 N–H and O–H groups in total. The van der Waals surface area contributed by atoms with Crippen LogP contribution >= 0.6 is 31.9 Å². The summed E-state index contributed by atoms with van der Waals surface area (Å²) in [6.45, 7) is 0. The van der Waals surface area contributed by atoms with Gasteiger partial charge in [0.2, 0.25) is 0 Å². The monoisotopic (exact) mass is 477 g/mol. The van der Waals surface area contributed by atoms with E-state index in [1.54, 1.807) is 36.5 Å². The van der Waals surface area contributed by atoms with E-state index in [1.807, 2.05) is 6.07 Å². The van der Waals surface area contributed by atoms with Crippen LogP contribution in [0.4, 0.5) is 23.1 Å². The normalized spacial score (nSPS) is 10.2. The molecule has 3 aromatic rings. The van der Waals surface area contributed by atoms with Crippen LogP contribution in [0.5, 0.6) is 0 Å². The molecule has 0 aliphatic heterocycles. The molecule has 26 heavy (non-hydrogen) atoms. The van der Waals surface area contributed by atoms with Crippen molar-refractivity contribution in [3.05, 3.63) is 63.4 Å². The number of pyridine rings is 1. The number of hydrazine groups is 1. The standard InChI is InChI=1S/C16H13Br2N7O/c17-10-3-1-9(2-4-10)16(26)25-24-15-13(19)14(21-8-22-15)23-12-6-5-11(18)7-20-12/h1-8H,19H2,(H,25,26)(H2,20,21,22,23,24). The number of benzene rings is 1. The first-order valence-corrected chi connectivity index (χ1v) is 8.92. The summed E-state index contributed by atoms with van der Waals surface area (Å²) in [6.07, 6.45) is 2.98. The fourth-order valence-corrected chi connectivity index (χ4v) is 2.45. The maximum atomic E-state index is 12.1. The van der Waals surface area contributed by atoms with Crippen LogP contribution in [0.3, 0.4) is 0 Å². The Labute approximate surface area is 165 Å². The Balaban J connectivity index is 1.69. The molecule has 0 radical (unpaired) electrons. The molecule has 0 unspecified atom stereocenters. The van der Waals surface area contributed by atoms with Gasteiger partial charge in [-0.2, -0.15) is 0 Å². The van der Waals surface area contributed by atoms with Crippen molar-refractivity contribution in [2.24, 2.45) is 0 Å². The summed E-state index contributed by atoms with van der Waals surface area (Å²) in [6, 6.07) is 10.5. The summed E-state index contributed by atoms with van der Waals surface area (Å²) >= 11 is 6.64. The molecule has 0 saturated heterocycles. The van der Waals surface area contributed by atoms with E-state index < -0.39 is 0 Å². The third-order valence-corrected chi connectivity index (χ3v) is 4.26. The van der Waals surface area contributed by atoms with E-state index in [2.05, 4.69) is 63.0 Å². The number of carbonyl (C=O) groups excluding carboxylic acids is 1. The third-order valence-electron chi connectivity index (χ3n) is 3.26. The summed E-state index contributed by atoms with van der Waals surface area (Å²) < 4.78 is 1.75. The molecular formula is C16H13Br2N7O. The van der Waals surface area contributed by atoms with E-state index in [9.17, 15) is 4.79 Å². The second-order valence-electron chi connectivity index (χ2n) is 5.06. The number of rotatable bonds is 5. The molecule has 0 atom stereocenters. The minimum Gasteiger partial charge on any atom is -0.393 e. The number of anilines is 4. The van der Waals surface area contributed by atoms with Crippen LogP contribution in [0, 0.1) is 0 Å². The number of aromatic nitrogens is 3. The largest absolute Gasteiger partial charge is 0.393 e. The highest BCUT2D eigenvalue weighted by atomic mass is 79.9. The smallest absolute Gasteiger partial charge is 0.269 e. The van der Waals surface area contributed by atoms with Crippen molar-refractivity contribution in [1.82, 2.24) is 20.4 Å². The first-order valence-electron chi connectivity index (χ1n) is 7.34. The SMILES string of the molecule is Nc1c(NNC(=O)c2ccc(Br)cc2)ncnc1Nc1ccc(Br)cn1. The molecule has 1 amide bonds. The number of amides is 1. The second kappa shape index (κ2) is 8.11. The van der Waals surface area contributed by atoms with Crippen molar-refractivity contribution in [1.29, 1.82) is 0 Å². The third kappa shape index (κ3) is 4.46. The van der Waals surface area contributed by atoms with E-state index in [1.165, 1.54) is 6.33 Å². The lowest BCUT2D eigenvalue weighted by Crippen LogP contribution is -2.30. The number of hydrogen-bond donors (Lipinski definition) is 4. The molecule has 3 rings (SSSR count). The maximum absolute atomic E-state index is 12.1. The fourth-order valence-electron chi connectivity index (χ4n) is 1.96. The minimum atomic E-state index is -0.320. The number of nitrogens with two attached hydrogens (primary N) is 1. The molecule has 2 aromatic heterocycles. The number of nitrogen functional groups attached to an aromatic ring is 1. The highest BCUT2D eigenvalue weighted by Gasteiger charge is 2.11. The van der Waals surface area contributed by atoms with Gasteiger partial charge in [-0.05, 0) is 52.3 Å².